The topological polar surface area (TPSA) is 76.1 Å². The molecular formula is C20H28BrNO5. The van der Waals surface area contributed by atoms with E-state index in [1.807, 2.05) is 33.8 Å². The van der Waals surface area contributed by atoms with E-state index in [1.54, 1.807) is 23.1 Å². The minimum Gasteiger partial charge on any atom is -0.444 e. The minimum absolute atomic E-state index is 0.367. The van der Waals surface area contributed by atoms with Crippen molar-refractivity contribution in [3.05, 3.63) is 34.3 Å². The second-order valence-corrected chi connectivity index (χ2v) is 8.73. The average molecular weight is 442 g/mol. The van der Waals surface area contributed by atoms with Crippen LogP contribution in [0.2, 0.25) is 0 Å². The zero-order valence-electron chi connectivity index (χ0n) is 16.3. The third-order valence-corrected chi connectivity index (χ3v) is 5.59. The van der Waals surface area contributed by atoms with E-state index in [4.69, 9.17) is 9.47 Å². The summed E-state index contributed by atoms with van der Waals surface area (Å²) in [5.41, 5.74) is -0.758. The smallest absolute Gasteiger partial charge is 0.410 e. The van der Waals surface area contributed by atoms with Gasteiger partial charge in [0.2, 0.25) is 6.29 Å². The SMILES string of the molecule is CCC1(C(=O)OC(O)c2ccccc2Br)CCN(C(=O)OC(C)(C)C)CC1. The van der Waals surface area contributed by atoms with Gasteiger partial charge in [0.25, 0.3) is 0 Å². The van der Waals surface area contributed by atoms with Gasteiger partial charge < -0.3 is 19.5 Å². The van der Waals surface area contributed by atoms with Crippen molar-refractivity contribution in [2.45, 2.75) is 58.8 Å². The van der Waals surface area contributed by atoms with Crippen molar-refractivity contribution >= 4 is 28.0 Å². The van der Waals surface area contributed by atoms with Crippen molar-refractivity contribution in [1.82, 2.24) is 4.90 Å². The lowest BCUT2D eigenvalue weighted by Gasteiger charge is -2.40. The summed E-state index contributed by atoms with van der Waals surface area (Å²) < 4.78 is 11.5. The fraction of sp³-hybridized carbons (Fsp3) is 0.600. The summed E-state index contributed by atoms with van der Waals surface area (Å²) in [5.74, 6) is -0.433. The molecule has 0 aliphatic carbocycles. The largest absolute Gasteiger partial charge is 0.444 e. The van der Waals surface area contributed by atoms with Crippen LogP contribution in [-0.4, -0.2) is 40.8 Å². The maximum atomic E-state index is 12.8. The van der Waals surface area contributed by atoms with Gasteiger partial charge in [-0.05, 0) is 46.1 Å². The van der Waals surface area contributed by atoms with Gasteiger partial charge >= 0.3 is 12.1 Å². The molecule has 0 radical (unpaired) electrons. The molecule has 1 aromatic carbocycles. The predicted molar refractivity (Wildman–Crippen MR) is 105 cm³/mol. The molecule has 2 rings (SSSR count). The van der Waals surface area contributed by atoms with E-state index < -0.39 is 23.3 Å². The highest BCUT2D eigenvalue weighted by molar-refractivity contribution is 9.10. The van der Waals surface area contributed by atoms with Crippen LogP contribution < -0.4 is 0 Å². The number of hydrogen-bond donors (Lipinski definition) is 1. The van der Waals surface area contributed by atoms with Gasteiger partial charge in [-0.1, -0.05) is 41.1 Å². The normalized spacial score (nSPS) is 17.9. The van der Waals surface area contributed by atoms with E-state index in [0.29, 0.717) is 42.4 Å². The summed E-state index contributed by atoms with van der Waals surface area (Å²) in [4.78, 5) is 26.7. The van der Waals surface area contributed by atoms with Gasteiger partial charge in [0.15, 0.2) is 0 Å². The van der Waals surface area contributed by atoms with Crippen LogP contribution in [0.1, 0.15) is 58.8 Å². The Hall–Kier alpha value is -1.60. The maximum Gasteiger partial charge on any atom is 0.410 e. The van der Waals surface area contributed by atoms with Crippen molar-refractivity contribution in [3.63, 3.8) is 0 Å². The second kappa shape index (κ2) is 8.61. The van der Waals surface area contributed by atoms with Crippen molar-refractivity contribution in [3.8, 4) is 0 Å². The summed E-state index contributed by atoms with van der Waals surface area (Å²) in [5, 5.41) is 10.3. The van der Waals surface area contributed by atoms with Gasteiger partial charge in [-0.25, -0.2) is 4.79 Å². The summed E-state index contributed by atoms with van der Waals surface area (Å²) >= 11 is 3.35. The molecule has 1 unspecified atom stereocenters. The number of halogens is 1. The predicted octanol–water partition coefficient (Wildman–Crippen LogP) is 4.41. The highest BCUT2D eigenvalue weighted by Crippen LogP contribution is 2.38. The van der Waals surface area contributed by atoms with Gasteiger partial charge in [-0.2, -0.15) is 0 Å². The molecule has 6 nitrogen and oxygen atoms in total. The molecule has 1 heterocycles. The molecule has 1 amide bonds. The summed E-state index contributed by atoms with van der Waals surface area (Å²) in [7, 11) is 0. The molecule has 0 spiro atoms. The molecule has 150 valence electrons. The van der Waals surface area contributed by atoms with Crippen LogP contribution in [0, 0.1) is 5.41 Å². The van der Waals surface area contributed by atoms with Gasteiger partial charge in [0.05, 0.1) is 5.41 Å². The number of aliphatic hydroxyl groups is 1. The highest BCUT2D eigenvalue weighted by atomic mass is 79.9. The highest BCUT2D eigenvalue weighted by Gasteiger charge is 2.43. The van der Waals surface area contributed by atoms with Crippen LogP contribution in [0.4, 0.5) is 4.79 Å². The van der Waals surface area contributed by atoms with Crippen LogP contribution >= 0.6 is 15.9 Å². The molecule has 0 aromatic heterocycles. The number of aliphatic hydroxyl groups excluding tert-OH is 1. The Labute approximate surface area is 169 Å². The fourth-order valence-electron chi connectivity index (χ4n) is 3.11. The number of hydrogen-bond acceptors (Lipinski definition) is 5. The van der Waals surface area contributed by atoms with E-state index in [1.165, 1.54) is 0 Å². The van der Waals surface area contributed by atoms with Crippen LogP contribution in [0.5, 0.6) is 0 Å². The number of ether oxygens (including phenoxy) is 2. The Morgan fingerprint density at radius 2 is 1.85 bits per heavy atom. The third kappa shape index (κ3) is 5.45. The van der Waals surface area contributed by atoms with Gasteiger partial charge in [0, 0.05) is 23.1 Å². The molecular weight excluding hydrogens is 414 g/mol. The van der Waals surface area contributed by atoms with Crippen molar-refractivity contribution in [1.29, 1.82) is 0 Å². The van der Waals surface area contributed by atoms with E-state index in [9.17, 15) is 14.7 Å². The zero-order chi connectivity index (χ0) is 20.2. The van der Waals surface area contributed by atoms with E-state index in [2.05, 4.69) is 15.9 Å². The number of benzene rings is 1. The monoisotopic (exact) mass is 441 g/mol. The second-order valence-electron chi connectivity index (χ2n) is 7.88. The quantitative estimate of drug-likeness (QED) is 0.552. The first-order chi connectivity index (χ1) is 12.6. The van der Waals surface area contributed by atoms with Crippen LogP contribution in [0.25, 0.3) is 0 Å². The molecule has 0 bridgehead atoms. The number of piperidine rings is 1. The summed E-state index contributed by atoms with van der Waals surface area (Å²) in [6, 6.07) is 7.07. The Bertz CT molecular complexity index is 677. The van der Waals surface area contributed by atoms with E-state index in [0.717, 1.165) is 0 Å². The summed E-state index contributed by atoms with van der Waals surface area (Å²) in [6.45, 7) is 8.24. The lowest BCUT2D eigenvalue weighted by Crippen LogP contribution is -2.48. The number of rotatable bonds is 4. The van der Waals surface area contributed by atoms with Crippen LogP contribution in [0.3, 0.4) is 0 Å². The molecule has 0 saturated carbocycles. The lowest BCUT2D eigenvalue weighted by atomic mass is 9.76. The zero-order valence-corrected chi connectivity index (χ0v) is 17.9. The third-order valence-electron chi connectivity index (χ3n) is 4.87. The molecule has 1 saturated heterocycles. The van der Waals surface area contributed by atoms with Gasteiger partial charge in [0.1, 0.15) is 5.60 Å². The molecule has 1 N–H and O–H groups in total. The minimum atomic E-state index is -1.33. The molecule has 1 aromatic rings. The number of carbonyl (C=O) groups excluding carboxylic acids is 2. The van der Waals surface area contributed by atoms with Gasteiger partial charge in [-0.3, -0.25) is 4.79 Å². The van der Waals surface area contributed by atoms with Gasteiger partial charge in [-0.15, -0.1) is 0 Å². The van der Waals surface area contributed by atoms with Crippen LogP contribution in [-0.2, 0) is 14.3 Å². The molecule has 1 aliphatic heterocycles. The Kier molecular flexibility index (Phi) is 6.92. The first-order valence-electron chi connectivity index (χ1n) is 9.19. The van der Waals surface area contributed by atoms with E-state index in [-0.39, 0.29) is 6.09 Å². The molecule has 1 aliphatic rings. The molecule has 1 atom stereocenters. The number of amides is 1. The summed E-state index contributed by atoms with van der Waals surface area (Å²) in [6.07, 6.45) is -0.167. The average Bonchev–Trinajstić information content (AvgIpc) is 2.60. The number of carbonyl (C=O) groups is 2. The van der Waals surface area contributed by atoms with Crippen molar-refractivity contribution < 1.29 is 24.2 Å². The maximum absolute atomic E-state index is 12.8. The number of likely N-dealkylation sites (tertiary alicyclic amines) is 1. The Balaban J connectivity index is 2.01. The lowest BCUT2D eigenvalue weighted by molar-refractivity contribution is -0.185. The Morgan fingerprint density at radius 3 is 2.37 bits per heavy atom. The molecule has 7 heteroatoms. The first-order valence-corrected chi connectivity index (χ1v) is 9.99. The number of nitrogens with zero attached hydrogens (tertiary/aromatic N) is 1. The van der Waals surface area contributed by atoms with E-state index >= 15 is 0 Å². The first kappa shape index (κ1) is 21.7. The van der Waals surface area contributed by atoms with Crippen LogP contribution in [0.15, 0.2) is 28.7 Å². The Morgan fingerprint density at radius 1 is 1.26 bits per heavy atom. The number of esters is 1. The molecule has 1 fully saturated rings. The molecule has 27 heavy (non-hydrogen) atoms. The standard InChI is InChI=1S/C20H28BrNO5/c1-5-20(10-12-22(13-11-20)18(25)27-19(2,3)4)17(24)26-16(23)14-8-6-7-9-15(14)21/h6-9,16,23H,5,10-13H2,1-4H3. The fourth-order valence-corrected chi connectivity index (χ4v) is 3.59. The van der Waals surface area contributed by atoms with Crippen molar-refractivity contribution in [2.75, 3.05) is 13.1 Å². The van der Waals surface area contributed by atoms with Crippen molar-refractivity contribution in [2.24, 2.45) is 5.41 Å².